The van der Waals surface area contributed by atoms with E-state index in [1.165, 1.54) is 12.1 Å². The van der Waals surface area contributed by atoms with Gasteiger partial charge in [0.05, 0.1) is 29.9 Å². The Kier molecular flexibility index (Phi) is 6.21. The number of hydrogen-bond donors (Lipinski definition) is 1. The van der Waals surface area contributed by atoms with E-state index >= 15 is 0 Å². The lowest BCUT2D eigenvalue weighted by Gasteiger charge is -2.28. The highest BCUT2D eigenvalue weighted by atomic mass is 35.5. The van der Waals surface area contributed by atoms with Crippen LogP contribution >= 0.6 is 23.8 Å². The fourth-order valence-corrected chi connectivity index (χ4v) is 5.43. The number of pyridine rings is 1. The largest absolute Gasteiger partial charge is 0.495 e. The van der Waals surface area contributed by atoms with Crippen LogP contribution in [0.25, 0.3) is 5.69 Å². The highest BCUT2D eigenvalue weighted by Crippen LogP contribution is 2.44. The Bertz CT molecular complexity index is 1390. The molecule has 8 heteroatoms. The topological polar surface area (TPSA) is 42.3 Å². The second-order valence-corrected chi connectivity index (χ2v) is 9.25. The van der Waals surface area contributed by atoms with Crippen molar-refractivity contribution in [3.05, 3.63) is 106 Å². The number of methoxy groups -OCH3 is 1. The molecule has 0 bridgehead atoms. The van der Waals surface area contributed by atoms with E-state index in [4.69, 9.17) is 28.6 Å². The van der Waals surface area contributed by atoms with Crippen LogP contribution in [0.5, 0.6) is 5.75 Å². The van der Waals surface area contributed by atoms with Crippen LogP contribution in [0.3, 0.4) is 0 Å². The Morgan fingerprint density at radius 2 is 1.77 bits per heavy atom. The van der Waals surface area contributed by atoms with Gasteiger partial charge in [0, 0.05) is 29.0 Å². The number of nitrogens with one attached hydrogen (secondary N) is 1. The third-order valence-electron chi connectivity index (χ3n) is 6.39. The van der Waals surface area contributed by atoms with Gasteiger partial charge in [-0.15, -0.1) is 0 Å². The SMILES string of the molecule is COc1ccc(N2C(=S)N[C@H](c3ccccn3)[C@@H]2c2cc(C)n(-c3ccc(F)cc3)c2C)cc1Cl. The lowest BCUT2D eigenvalue weighted by Crippen LogP contribution is -2.29. The quantitative estimate of drug-likeness (QED) is 0.314. The van der Waals surface area contributed by atoms with Gasteiger partial charge < -0.3 is 19.5 Å². The third kappa shape index (κ3) is 4.15. The Morgan fingerprint density at radius 3 is 2.43 bits per heavy atom. The van der Waals surface area contributed by atoms with Crippen molar-refractivity contribution >= 4 is 34.6 Å². The van der Waals surface area contributed by atoms with Gasteiger partial charge in [-0.2, -0.15) is 0 Å². The first-order valence-corrected chi connectivity index (χ1v) is 12.0. The van der Waals surface area contributed by atoms with E-state index in [1.54, 1.807) is 25.4 Å². The fourth-order valence-electron chi connectivity index (χ4n) is 4.83. The molecule has 178 valence electrons. The number of benzene rings is 2. The smallest absolute Gasteiger partial charge is 0.174 e. The number of aryl methyl sites for hydroxylation is 1. The van der Waals surface area contributed by atoms with Crippen LogP contribution in [0, 0.1) is 19.7 Å². The zero-order valence-corrected chi connectivity index (χ0v) is 21.1. The molecule has 1 aliphatic heterocycles. The number of anilines is 1. The van der Waals surface area contributed by atoms with Crippen molar-refractivity contribution in [2.45, 2.75) is 25.9 Å². The van der Waals surface area contributed by atoms with Gasteiger partial charge in [0.25, 0.3) is 0 Å². The number of rotatable bonds is 5. The summed E-state index contributed by atoms with van der Waals surface area (Å²) in [6, 6.07) is 19.8. The van der Waals surface area contributed by atoms with Crippen molar-refractivity contribution in [2.75, 3.05) is 12.0 Å². The predicted octanol–water partition coefficient (Wildman–Crippen LogP) is 6.47. The van der Waals surface area contributed by atoms with Crippen molar-refractivity contribution in [1.29, 1.82) is 0 Å². The van der Waals surface area contributed by atoms with Crippen molar-refractivity contribution in [3.8, 4) is 11.4 Å². The normalized spacial score (nSPS) is 17.5. The van der Waals surface area contributed by atoms with Gasteiger partial charge in [-0.05, 0) is 92.3 Å². The van der Waals surface area contributed by atoms with Crippen LogP contribution in [-0.4, -0.2) is 21.8 Å². The lowest BCUT2D eigenvalue weighted by molar-refractivity contribution is 0.415. The van der Waals surface area contributed by atoms with Crippen LogP contribution in [0.2, 0.25) is 5.02 Å². The molecule has 2 aromatic heterocycles. The molecule has 1 fully saturated rings. The standard InChI is InChI=1S/C27H24ClFN4OS/c1-16-14-21(17(2)32(16)19-9-7-18(29)8-10-19)26-25(23-6-4-5-13-30-23)31-27(35)33(26)20-11-12-24(34-3)22(28)15-20/h4-15,25-26H,1-3H3,(H,31,35)/t25-,26+/m1/s1. The molecule has 1 N–H and O–H groups in total. The maximum absolute atomic E-state index is 13.6. The van der Waals surface area contributed by atoms with Gasteiger partial charge in [-0.25, -0.2) is 4.39 Å². The first-order chi connectivity index (χ1) is 16.9. The molecular weight excluding hydrogens is 483 g/mol. The van der Waals surface area contributed by atoms with E-state index < -0.39 is 0 Å². The van der Waals surface area contributed by atoms with Gasteiger partial charge in [-0.3, -0.25) is 4.98 Å². The third-order valence-corrected chi connectivity index (χ3v) is 7.00. The average Bonchev–Trinajstić information content (AvgIpc) is 3.35. The molecule has 0 aliphatic carbocycles. The minimum Gasteiger partial charge on any atom is -0.495 e. The molecule has 3 heterocycles. The monoisotopic (exact) mass is 506 g/mol. The zero-order chi connectivity index (χ0) is 24.7. The van der Waals surface area contributed by atoms with E-state index in [0.29, 0.717) is 15.9 Å². The molecule has 2 aromatic carbocycles. The molecule has 0 spiro atoms. The molecule has 0 unspecified atom stereocenters. The van der Waals surface area contributed by atoms with E-state index in [1.807, 2.05) is 43.3 Å². The molecule has 5 nitrogen and oxygen atoms in total. The molecule has 1 aliphatic rings. The Morgan fingerprint density at radius 1 is 1.03 bits per heavy atom. The van der Waals surface area contributed by atoms with Crippen LogP contribution < -0.4 is 15.0 Å². The Hall–Kier alpha value is -3.42. The molecule has 0 amide bonds. The molecule has 2 atom stereocenters. The molecule has 35 heavy (non-hydrogen) atoms. The second kappa shape index (κ2) is 9.32. The van der Waals surface area contributed by atoms with Crippen molar-refractivity contribution < 1.29 is 9.13 Å². The molecule has 5 rings (SSSR count). The summed E-state index contributed by atoms with van der Waals surface area (Å²) < 4.78 is 21.1. The van der Waals surface area contributed by atoms with E-state index in [-0.39, 0.29) is 17.9 Å². The maximum atomic E-state index is 13.6. The maximum Gasteiger partial charge on any atom is 0.174 e. The van der Waals surface area contributed by atoms with Gasteiger partial charge in [-0.1, -0.05) is 17.7 Å². The summed E-state index contributed by atoms with van der Waals surface area (Å²) in [6.45, 7) is 4.12. The lowest BCUT2D eigenvalue weighted by atomic mass is 9.96. The number of halogens is 2. The minimum atomic E-state index is -0.264. The van der Waals surface area contributed by atoms with Crippen LogP contribution in [0.4, 0.5) is 10.1 Å². The first kappa shape index (κ1) is 23.3. The molecule has 1 saturated heterocycles. The fraction of sp³-hybridized carbons (Fsp3) is 0.185. The van der Waals surface area contributed by atoms with Gasteiger partial charge in [0.2, 0.25) is 0 Å². The predicted molar refractivity (Wildman–Crippen MR) is 141 cm³/mol. The molecule has 4 aromatic rings. The number of ether oxygens (including phenoxy) is 1. The summed E-state index contributed by atoms with van der Waals surface area (Å²) in [5, 5.41) is 4.57. The van der Waals surface area contributed by atoms with E-state index in [2.05, 4.69) is 32.8 Å². The second-order valence-electron chi connectivity index (χ2n) is 8.45. The zero-order valence-electron chi connectivity index (χ0n) is 19.5. The Labute approximate surface area is 214 Å². The summed E-state index contributed by atoms with van der Waals surface area (Å²) in [5.74, 6) is 0.334. The van der Waals surface area contributed by atoms with E-state index in [0.717, 1.165) is 34.0 Å². The molecular formula is C27H24ClFN4OS. The number of thiocarbonyl (C=S) groups is 1. The van der Waals surface area contributed by atoms with Gasteiger partial charge in [0.15, 0.2) is 5.11 Å². The Balaban J connectivity index is 1.67. The van der Waals surface area contributed by atoms with Crippen LogP contribution in [0.1, 0.15) is 34.7 Å². The molecule has 0 radical (unpaired) electrons. The summed E-state index contributed by atoms with van der Waals surface area (Å²) >= 11 is 12.3. The van der Waals surface area contributed by atoms with Crippen molar-refractivity contribution in [3.63, 3.8) is 0 Å². The van der Waals surface area contributed by atoms with Crippen molar-refractivity contribution in [1.82, 2.24) is 14.9 Å². The van der Waals surface area contributed by atoms with Crippen LogP contribution in [0.15, 0.2) is 72.9 Å². The van der Waals surface area contributed by atoms with Gasteiger partial charge >= 0.3 is 0 Å². The highest BCUT2D eigenvalue weighted by molar-refractivity contribution is 7.80. The number of hydrogen-bond acceptors (Lipinski definition) is 3. The highest BCUT2D eigenvalue weighted by Gasteiger charge is 2.42. The summed E-state index contributed by atoms with van der Waals surface area (Å²) in [7, 11) is 1.59. The number of nitrogens with zero attached hydrogens (tertiary/aromatic N) is 3. The van der Waals surface area contributed by atoms with E-state index in [9.17, 15) is 4.39 Å². The summed E-state index contributed by atoms with van der Waals surface area (Å²) in [4.78, 5) is 6.71. The van der Waals surface area contributed by atoms with Crippen LogP contribution in [-0.2, 0) is 0 Å². The minimum absolute atomic E-state index is 0.188. The van der Waals surface area contributed by atoms with Crippen molar-refractivity contribution in [2.24, 2.45) is 0 Å². The number of aromatic nitrogens is 2. The summed E-state index contributed by atoms with van der Waals surface area (Å²) in [6.07, 6.45) is 1.78. The first-order valence-electron chi connectivity index (χ1n) is 11.2. The summed E-state index contributed by atoms with van der Waals surface area (Å²) in [5.41, 5.74) is 5.79. The average molecular weight is 507 g/mol. The molecule has 0 saturated carbocycles. The van der Waals surface area contributed by atoms with Gasteiger partial charge in [0.1, 0.15) is 11.6 Å².